The zero-order chi connectivity index (χ0) is 12.2. The van der Waals surface area contributed by atoms with Crippen molar-refractivity contribution in [3.8, 4) is 0 Å². The number of nitrogens with two attached hydrogens (primary N) is 1. The van der Waals surface area contributed by atoms with Gasteiger partial charge in [-0.15, -0.1) is 12.4 Å². The van der Waals surface area contributed by atoms with E-state index in [9.17, 15) is 4.79 Å². The maximum atomic E-state index is 11.5. The van der Waals surface area contributed by atoms with Gasteiger partial charge < -0.3 is 15.8 Å². The molecule has 0 heterocycles. The third-order valence-corrected chi connectivity index (χ3v) is 2.52. The number of methoxy groups -OCH3 is 1. The van der Waals surface area contributed by atoms with Gasteiger partial charge in [-0.1, -0.05) is 12.8 Å². The van der Waals surface area contributed by atoms with Crippen LogP contribution in [0.1, 0.15) is 45.4 Å². The summed E-state index contributed by atoms with van der Waals surface area (Å²) in [4.78, 5) is 11.5. The molecule has 0 radical (unpaired) electrons. The summed E-state index contributed by atoms with van der Waals surface area (Å²) in [5.41, 5.74) is 5.39. The number of hydrogen-bond donors (Lipinski definition) is 2. The minimum absolute atomic E-state index is 0. The molecule has 1 unspecified atom stereocenters. The third kappa shape index (κ3) is 13.6. The molecule has 0 saturated heterocycles. The molecule has 0 aromatic carbocycles. The van der Waals surface area contributed by atoms with Gasteiger partial charge in [0.2, 0.25) is 5.91 Å². The van der Waals surface area contributed by atoms with E-state index in [0.717, 1.165) is 38.6 Å². The molecule has 0 aliphatic heterocycles. The van der Waals surface area contributed by atoms with E-state index < -0.39 is 0 Å². The fraction of sp³-hybridized carbons (Fsp3) is 0.917. The van der Waals surface area contributed by atoms with Crippen LogP contribution in [-0.2, 0) is 9.53 Å². The number of unbranched alkanes of at least 4 members (excludes halogenated alkanes) is 3. The molecule has 17 heavy (non-hydrogen) atoms. The molecule has 0 aliphatic rings. The SMILES string of the molecule is COCCC(C)NC(=O)CCCCCCN.Cl. The van der Waals surface area contributed by atoms with E-state index in [-0.39, 0.29) is 24.4 Å². The van der Waals surface area contributed by atoms with Crippen LogP contribution in [0.3, 0.4) is 0 Å². The van der Waals surface area contributed by atoms with E-state index >= 15 is 0 Å². The average Bonchev–Trinajstić information content (AvgIpc) is 2.26. The zero-order valence-corrected chi connectivity index (χ0v) is 11.9. The molecule has 3 N–H and O–H groups in total. The average molecular weight is 267 g/mol. The number of amides is 1. The lowest BCUT2D eigenvalue weighted by Gasteiger charge is -2.13. The molecule has 0 aromatic heterocycles. The first kappa shape index (κ1) is 19.0. The number of hydrogen-bond acceptors (Lipinski definition) is 3. The third-order valence-electron chi connectivity index (χ3n) is 2.52. The van der Waals surface area contributed by atoms with Gasteiger partial charge in [-0.05, 0) is 32.7 Å². The molecule has 0 fully saturated rings. The van der Waals surface area contributed by atoms with Crippen LogP contribution in [0.5, 0.6) is 0 Å². The predicted octanol–water partition coefficient (Wildman–Crippen LogP) is 1.86. The van der Waals surface area contributed by atoms with E-state index in [2.05, 4.69) is 5.32 Å². The molecule has 5 heteroatoms. The Morgan fingerprint density at radius 3 is 2.53 bits per heavy atom. The van der Waals surface area contributed by atoms with Crippen molar-refractivity contribution in [1.82, 2.24) is 5.32 Å². The van der Waals surface area contributed by atoms with Gasteiger partial charge in [0.05, 0.1) is 0 Å². The Morgan fingerprint density at radius 1 is 1.29 bits per heavy atom. The summed E-state index contributed by atoms with van der Waals surface area (Å²) in [5, 5.41) is 2.96. The van der Waals surface area contributed by atoms with Gasteiger partial charge in [0, 0.05) is 26.2 Å². The van der Waals surface area contributed by atoms with E-state index in [1.54, 1.807) is 7.11 Å². The first-order valence-electron chi connectivity index (χ1n) is 6.19. The number of carbonyl (C=O) groups is 1. The molecule has 0 saturated carbocycles. The Kier molecular flexibility index (Phi) is 15.4. The summed E-state index contributed by atoms with van der Waals surface area (Å²) >= 11 is 0. The van der Waals surface area contributed by atoms with Crippen LogP contribution in [0.2, 0.25) is 0 Å². The first-order chi connectivity index (χ1) is 7.70. The van der Waals surface area contributed by atoms with Crippen molar-refractivity contribution in [2.75, 3.05) is 20.3 Å². The molecule has 0 aliphatic carbocycles. The van der Waals surface area contributed by atoms with Crippen LogP contribution in [-0.4, -0.2) is 32.2 Å². The van der Waals surface area contributed by atoms with Gasteiger partial charge in [-0.2, -0.15) is 0 Å². The van der Waals surface area contributed by atoms with Crippen LogP contribution < -0.4 is 11.1 Å². The second-order valence-electron chi connectivity index (χ2n) is 4.20. The number of nitrogens with one attached hydrogen (secondary N) is 1. The van der Waals surface area contributed by atoms with E-state index in [1.807, 2.05) is 6.92 Å². The van der Waals surface area contributed by atoms with Gasteiger partial charge in [0.15, 0.2) is 0 Å². The summed E-state index contributed by atoms with van der Waals surface area (Å²) in [5.74, 6) is 0.149. The number of rotatable bonds is 10. The van der Waals surface area contributed by atoms with Gasteiger partial charge in [0.25, 0.3) is 0 Å². The van der Waals surface area contributed by atoms with Crippen molar-refractivity contribution in [3.05, 3.63) is 0 Å². The van der Waals surface area contributed by atoms with E-state index in [0.29, 0.717) is 13.0 Å². The molecule has 1 atom stereocenters. The minimum atomic E-state index is 0. The molecule has 104 valence electrons. The summed E-state index contributed by atoms with van der Waals surface area (Å²) < 4.78 is 4.96. The van der Waals surface area contributed by atoms with Crippen molar-refractivity contribution in [3.63, 3.8) is 0 Å². The standard InChI is InChI=1S/C12H26N2O2.ClH/c1-11(8-10-16-2)14-12(15)7-5-3-4-6-9-13;/h11H,3-10,13H2,1-2H3,(H,14,15);1H. The number of carbonyl (C=O) groups excluding carboxylic acids is 1. The maximum Gasteiger partial charge on any atom is 0.220 e. The predicted molar refractivity (Wildman–Crippen MR) is 73.5 cm³/mol. The lowest BCUT2D eigenvalue weighted by molar-refractivity contribution is -0.121. The number of ether oxygens (including phenoxy) is 1. The second-order valence-corrected chi connectivity index (χ2v) is 4.20. The van der Waals surface area contributed by atoms with Crippen molar-refractivity contribution in [2.24, 2.45) is 5.73 Å². The fourth-order valence-electron chi connectivity index (χ4n) is 1.50. The van der Waals surface area contributed by atoms with E-state index in [1.165, 1.54) is 0 Å². The fourth-order valence-corrected chi connectivity index (χ4v) is 1.50. The topological polar surface area (TPSA) is 64.3 Å². The molecule has 4 nitrogen and oxygen atoms in total. The Hall–Kier alpha value is -0.320. The van der Waals surface area contributed by atoms with Crippen LogP contribution in [0.15, 0.2) is 0 Å². The second kappa shape index (κ2) is 13.7. The van der Waals surface area contributed by atoms with Crippen molar-refractivity contribution in [2.45, 2.75) is 51.5 Å². The molecular formula is C12H27ClN2O2. The Balaban J connectivity index is 0. The lowest BCUT2D eigenvalue weighted by Crippen LogP contribution is -2.33. The molecule has 1 amide bonds. The van der Waals surface area contributed by atoms with Gasteiger partial charge in [0.1, 0.15) is 0 Å². The van der Waals surface area contributed by atoms with Gasteiger partial charge in [-0.3, -0.25) is 4.79 Å². The van der Waals surface area contributed by atoms with Crippen molar-refractivity contribution < 1.29 is 9.53 Å². The summed E-state index contributed by atoms with van der Waals surface area (Å²) in [7, 11) is 1.67. The van der Waals surface area contributed by atoms with Gasteiger partial charge in [-0.25, -0.2) is 0 Å². The first-order valence-corrected chi connectivity index (χ1v) is 6.19. The normalized spacial score (nSPS) is 11.7. The highest BCUT2D eigenvalue weighted by Gasteiger charge is 2.06. The molecule has 0 spiro atoms. The molecule has 0 aromatic rings. The highest BCUT2D eigenvalue weighted by molar-refractivity contribution is 5.85. The Labute approximate surface area is 111 Å². The smallest absolute Gasteiger partial charge is 0.220 e. The summed E-state index contributed by atoms with van der Waals surface area (Å²) in [6.45, 7) is 3.45. The highest BCUT2D eigenvalue weighted by atomic mass is 35.5. The van der Waals surface area contributed by atoms with Crippen LogP contribution in [0, 0.1) is 0 Å². The van der Waals surface area contributed by atoms with Crippen LogP contribution >= 0.6 is 12.4 Å². The Morgan fingerprint density at radius 2 is 1.94 bits per heavy atom. The maximum absolute atomic E-state index is 11.5. The summed E-state index contributed by atoms with van der Waals surface area (Å²) in [6.07, 6.45) is 5.74. The highest BCUT2D eigenvalue weighted by Crippen LogP contribution is 2.02. The largest absolute Gasteiger partial charge is 0.385 e. The number of halogens is 1. The quantitative estimate of drug-likeness (QED) is 0.593. The van der Waals surface area contributed by atoms with Crippen molar-refractivity contribution in [1.29, 1.82) is 0 Å². The van der Waals surface area contributed by atoms with Crippen molar-refractivity contribution >= 4 is 18.3 Å². The Bertz CT molecular complexity index is 180. The lowest BCUT2D eigenvalue weighted by atomic mass is 10.1. The summed E-state index contributed by atoms with van der Waals surface area (Å²) in [6, 6.07) is 0.205. The van der Waals surface area contributed by atoms with Gasteiger partial charge >= 0.3 is 0 Å². The minimum Gasteiger partial charge on any atom is -0.385 e. The molecule has 0 rings (SSSR count). The van der Waals surface area contributed by atoms with E-state index in [4.69, 9.17) is 10.5 Å². The monoisotopic (exact) mass is 266 g/mol. The van der Waals surface area contributed by atoms with Crippen LogP contribution in [0.4, 0.5) is 0 Å². The van der Waals surface area contributed by atoms with Crippen LogP contribution in [0.25, 0.3) is 0 Å². The molecular weight excluding hydrogens is 240 g/mol. The zero-order valence-electron chi connectivity index (χ0n) is 11.0. The molecule has 0 bridgehead atoms.